The first-order valence-corrected chi connectivity index (χ1v) is 5.23. The Hall–Kier alpha value is -0.670. The number of rotatable bonds is 1. The molecule has 0 radical (unpaired) electrons. The smallest absolute Gasteiger partial charge is 0.124 e. The van der Waals surface area contributed by atoms with Crippen LogP contribution in [-0.4, -0.2) is 56.4 Å². The summed E-state index contributed by atoms with van der Waals surface area (Å²) < 4.78 is 0. The monoisotopic (exact) mass is 195 g/mol. The van der Waals surface area contributed by atoms with Crippen LogP contribution in [0.3, 0.4) is 0 Å². The Labute approximate surface area is 84.4 Å². The molecule has 2 saturated heterocycles. The van der Waals surface area contributed by atoms with Gasteiger partial charge in [-0.25, -0.2) is 0 Å². The lowest BCUT2D eigenvalue weighted by Crippen LogP contribution is -2.65. The summed E-state index contributed by atoms with van der Waals surface area (Å²) in [6, 6.07) is 2.25. The van der Waals surface area contributed by atoms with Crippen molar-refractivity contribution in [3.63, 3.8) is 0 Å². The first kappa shape index (κ1) is 9.87. The van der Waals surface area contributed by atoms with Crippen molar-refractivity contribution in [1.29, 1.82) is 5.26 Å². The van der Waals surface area contributed by atoms with E-state index in [9.17, 15) is 0 Å². The van der Waals surface area contributed by atoms with Crippen molar-refractivity contribution < 1.29 is 0 Å². The molecule has 0 bridgehead atoms. The molecule has 5 heteroatoms. The fraction of sp³-hybridized carbons (Fsp3) is 0.889. The summed E-state index contributed by atoms with van der Waals surface area (Å²) in [5.41, 5.74) is 0. The summed E-state index contributed by atoms with van der Waals surface area (Å²) in [6.07, 6.45) is 0.191. The Morgan fingerprint density at radius 2 is 1.79 bits per heavy atom. The Morgan fingerprint density at radius 3 is 2.50 bits per heavy atom. The Kier molecular flexibility index (Phi) is 3.32. The van der Waals surface area contributed by atoms with Crippen LogP contribution in [0.15, 0.2) is 0 Å². The highest BCUT2D eigenvalue weighted by atomic mass is 15.3. The second-order valence-electron chi connectivity index (χ2n) is 3.75. The molecule has 0 aromatic carbocycles. The molecule has 0 aromatic heterocycles. The molecule has 2 fully saturated rings. The quantitative estimate of drug-likeness (QED) is 0.466. The van der Waals surface area contributed by atoms with Gasteiger partial charge in [-0.15, -0.1) is 0 Å². The molecule has 0 spiro atoms. The van der Waals surface area contributed by atoms with E-state index in [0.29, 0.717) is 0 Å². The van der Waals surface area contributed by atoms with Gasteiger partial charge < -0.3 is 5.32 Å². The van der Waals surface area contributed by atoms with Gasteiger partial charge in [-0.05, 0) is 0 Å². The van der Waals surface area contributed by atoms with Crippen molar-refractivity contribution in [3.8, 4) is 6.07 Å². The molecule has 78 valence electrons. The lowest BCUT2D eigenvalue weighted by Gasteiger charge is -2.40. The zero-order valence-corrected chi connectivity index (χ0v) is 8.29. The highest BCUT2D eigenvalue weighted by Gasteiger charge is 2.29. The van der Waals surface area contributed by atoms with Crippen molar-refractivity contribution in [2.45, 2.75) is 12.2 Å². The second-order valence-corrected chi connectivity index (χ2v) is 3.75. The van der Waals surface area contributed by atoms with Gasteiger partial charge in [0.05, 0.1) is 12.2 Å². The van der Waals surface area contributed by atoms with Crippen molar-refractivity contribution in [1.82, 2.24) is 20.9 Å². The van der Waals surface area contributed by atoms with Gasteiger partial charge in [-0.1, -0.05) is 0 Å². The molecule has 14 heavy (non-hydrogen) atoms. The first-order valence-electron chi connectivity index (χ1n) is 5.23. The van der Waals surface area contributed by atoms with E-state index in [4.69, 9.17) is 5.26 Å². The highest BCUT2D eigenvalue weighted by molar-refractivity contribution is 5.01. The molecule has 0 aliphatic carbocycles. The molecule has 2 heterocycles. The third-order valence-corrected chi connectivity index (χ3v) is 2.84. The molecule has 2 rings (SSSR count). The molecule has 3 N–H and O–H groups in total. The minimum Gasteiger partial charge on any atom is -0.314 e. The lowest BCUT2D eigenvalue weighted by molar-refractivity contribution is 0.113. The van der Waals surface area contributed by atoms with E-state index < -0.39 is 0 Å². The summed E-state index contributed by atoms with van der Waals surface area (Å²) in [4.78, 5) is 2.34. The minimum absolute atomic E-state index is 0.0677. The van der Waals surface area contributed by atoms with Gasteiger partial charge in [0, 0.05) is 39.3 Å². The van der Waals surface area contributed by atoms with Crippen LogP contribution >= 0.6 is 0 Å². The number of nitrogens with one attached hydrogen (secondary N) is 3. The van der Waals surface area contributed by atoms with E-state index in [0.717, 1.165) is 39.3 Å². The van der Waals surface area contributed by atoms with Gasteiger partial charge >= 0.3 is 0 Å². The van der Waals surface area contributed by atoms with Gasteiger partial charge in [-0.2, -0.15) is 5.26 Å². The number of hydrogen-bond acceptors (Lipinski definition) is 5. The van der Waals surface area contributed by atoms with E-state index in [1.807, 2.05) is 0 Å². The maximum absolute atomic E-state index is 9.00. The molecule has 5 nitrogen and oxygen atoms in total. The molecule has 0 amide bonds. The summed E-state index contributed by atoms with van der Waals surface area (Å²) in [5.74, 6) is 0. The maximum atomic E-state index is 9.00. The Balaban J connectivity index is 1.95. The molecule has 2 aliphatic heterocycles. The zero-order valence-electron chi connectivity index (χ0n) is 8.29. The molecule has 0 aromatic rings. The normalized spacial score (nSPS) is 35.1. The summed E-state index contributed by atoms with van der Waals surface area (Å²) in [6.45, 7) is 5.94. The number of hydrogen-bond donors (Lipinski definition) is 3. The zero-order chi connectivity index (χ0) is 9.80. The van der Waals surface area contributed by atoms with E-state index in [-0.39, 0.29) is 12.2 Å². The van der Waals surface area contributed by atoms with E-state index >= 15 is 0 Å². The van der Waals surface area contributed by atoms with Crippen LogP contribution in [0.25, 0.3) is 0 Å². The van der Waals surface area contributed by atoms with E-state index in [1.165, 1.54) is 0 Å². The van der Waals surface area contributed by atoms with Gasteiger partial charge in [-0.3, -0.25) is 15.5 Å². The van der Waals surface area contributed by atoms with Crippen LogP contribution in [0.1, 0.15) is 0 Å². The number of piperazine rings is 2. The third-order valence-electron chi connectivity index (χ3n) is 2.84. The number of nitriles is 1. The molecule has 2 atom stereocenters. The fourth-order valence-corrected chi connectivity index (χ4v) is 2.09. The summed E-state index contributed by atoms with van der Waals surface area (Å²) in [7, 11) is 0. The molecule has 2 unspecified atom stereocenters. The molecule has 2 aliphatic rings. The first-order chi connectivity index (χ1) is 6.92. The van der Waals surface area contributed by atoms with Crippen LogP contribution in [0.4, 0.5) is 0 Å². The summed E-state index contributed by atoms with van der Waals surface area (Å²) >= 11 is 0. The maximum Gasteiger partial charge on any atom is 0.124 e. The highest BCUT2D eigenvalue weighted by Crippen LogP contribution is 2.05. The Bertz CT molecular complexity index is 218. The van der Waals surface area contributed by atoms with Crippen LogP contribution < -0.4 is 16.0 Å². The minimum atomic E-state index is -0.0677. The largest absolute Gasteiger partial charge is 0.314 e. The van der Waals surface area contributed by atoms with E-state index in [2.05, 4.69) is 26.9 Å². The standard InChI is InChI=1S/C9H17N5/c10-7-8-9(13-2-1-12-8)14-5-3-11-4-6-14/h8-9,11-13H,1-6H2. The van der Waals surface area contributed by atoms with E-state index in [1.54, 1.807) is 0 Å². The predicted molar refractivity (Wildman–Crippen MR) is 53.6 cm³/mol. The molecular weight excluding hydrogens is 178 g/mol. The SMILES string of the molecule is N#CC1NCCNC1N1CCNCC1. The number of nitrogens with zero attached hydrogens (tertiary/aromatic N) is 2. The van der Waals surface area contributed by atoms with Crippen molar-refractivity contribution >= 4 is 0 Å². The van der Waals surface area contributed by atoms with Gasteiger partial charge in [0.25, 0.3) is 0 Å². The van der Waals surface area contributed by atoms with Crippen molar-refractivity contribution in [2.75, 3.05) is 39.3 Å². The van der Waals surface area contributed by atoms with Crippen LogP contribution in [0.5, 0.6) is 0 Å². The van der Waals surface area contributed by atoms with Crippen LogP contribution in [0, 0.1) is 11.3 Å². The third kappa shape index (κ3) is 2.04. The van der Waals surface area contributed by atoms with Gasteiger partial charge in [0.15, 0.2) is 0 Å². The summed E-state index contributed by atoms with van der Waals surface area (Å²) in [5, 5.41) is 18.9. The average Bonchev–Trinajstić information content (AvgIpc) is 2.30. The lowest BCUT2D eigenvalue weighted by atomic mass is 10.1. The van der Waals surface area contributed by atoms with Crippen LogP contribution in [-0.2, 0) is 0 Å². The Morgan fingerprint density at radius 1 is 1.07 bits per heavy atom. The second kappa shape index (κ2) is 4.71. The molecule has 0 saturated carbocycles. The average molecular weight is 195 g/mol. The van der Waals surface area contributed by atoms with Gasteiger partial charge in [0.1, 0.15) is 6.04 Å². The van der Waals surface area contributed by atoms with Crippen molar-refractivity contribution in [3.05, 3.63) is 0 Å². The van der Waals surface area contributed by atoms with Crippen LogP contribution in [0.2, 0.25) is 0 Å². The fourth-order valence-electron chi connectivity index (χ4n) is 2.09. The van der Waals surface area contributed by atoms with Crippen molar-refractivity contribution in [2.24, 2.45) is 0 Å². The molecular formula is C9H17N5. The van der Waals surface area contributed by atoms with Gasteiger partial charge in [0.2, 0.25) is 0 Å². The predicted octanol–water partition coefficient (Wildman–Crippen LogP) is -1.70. The topological polar surface area (TPSA) is 63.1 Å².